The number of nitrogens with zero attached hydrogens (tertiary/aromatic N) is 4. The minimum Gasteiger partial charge on any atom is -0.370 e. The van der Waals surface area contributed by atoms with Gasteiger partial charge in [-0.25, -0.2) is 0 Å². The summed E-state index contributed by atoms with van der Waals surface area (Å²) < 4.78 is 7.10. The maximum Gasteiger partial charge on any atom is 0.235 e. The summed E-state index contributed by atoms with van der Waals surface area (Å²) in [6.07, 6.45) is 2.67. The quantitative estimate of drug-likeness (QED) is 0.707. The van der Waals surface area contributed by atoms with Crippen LogP contribution in [0.5, 0.6) is 0 Å². The lowest BCUT2D eigenvalue weighted by Gasteiger charge is -2.03. The van der Waals surface area contributed by atoms with Gasteiger partial charge >= 0.3 is 0 Å². The summed E-state index contributed by atoms with van der Waals surface area (Å²) in [5.41, 5.74) is 0. The number of aromatic nitrogens is 4. The second kappa shape index (κ2) is 3.35. The first kappa shape index (κ1) is 8.93. The molecule has 1 atom stereocenters. The number of aldehydes is 1. The summed E-state index contributed by atoms with van der Waals surface area (Å²) in [6.45, 7) is 0.754. The van der Waals surface area contributed by atoms with Crippen molar-refractivity contribution in [3.63, 3.8) is 0 Å². The Bertz CT molecular complexity index is 500. The molecule has 1 unspecified atom stereocenters. The summed E-state index contributed by atoms with van der Waals surface area (Å²) in [7, 11) is 0. The largest absolute Gasteiger partial charge is 0.370 e. The molecular weight excluding hydrogens is 216 g/mol. The molecule has 1 saturated heterocycles. The molecule has 1 aliphatic heterocycles. The highest BCUT2D eigenvalue weighted by Gasteiger charge is 2.24. The smallest absolute Gasteiger partial charge is 0.235 e. The summed E-state index contributed by atoms with van der Waals surface area (Å²) in [5.74, 6) is 0.701. The van der Waals surface area contributed by atoms with Gasteiger partial charge in [-0.15, -0.1) is 15.3 Å². The van der Waals surface area contributed by atoms with Crippen molar-refractivity contribution in [1.29, 1.82) is 0 Å². The molecule has 0 N–H and O–H groups in total. The standard InChI is InChI=1S/C8H8N4O2S/c13-4-6-11-12-7(5-2-1-3-14-5)9-10-8(12)15-6/h4-5H,1-3H2. The monoisotopic (exact) mass is 224 g/mol. The molecule has 0 bridgehead atoms. The number of carbonyl (C=O) groups excluding carboxylic acids is 1. The predicted octanol–water partition coefficient (Wildman–Crippen LogP) is 0.850. The minimum atomic E-state index is -0.0263. The molecule has 0 spiro atoms. The van der Waals surface area contributed by atoms with E-state index in [0.717, 1.165) is 25.7 Å². The second-order valence-electron chi connectivity index (χ2n) is 3.31. The van der Waals surface area contributed by atoms with Gasteiger partial charge in [0.1, 0.15) is 6.10 Å². The molecule has 6 nitrogen and oxygen atoms in total. The van der Waals surface area contributed by atoms with Crippen LogP contribution < -0.4 is 0 Å². The summed E-state index contributed by atoms with van der Waals surface area (Å²) in [4.78, 5) is 11.2. The van der Waals surface area contributed by atoms with Crippen LogP contribution in [0.25, 0.3) is 4.96 Å². The lowest BCUT2D eigenvalue weighted by molar-refractivity contribution is 0.103. The topological polar surface area (TPSA) is 69.4 Å². The molecule has 78 valence electrons. The van der Waals surface area contributed by atoms with E-state index in [1.807, 2.05) is 0 Å². The second-order valence-corrected chi connectivity index (χ2v) is 4.30. The number of fused-ring (bicyclic) bond motifs is 1. The van der Waals surface area contributed by atoms with E-state index in [1.54, 1.807) is 4.52 Å². The van der Waals surface area contributed by atoms with E-state index in [-0.39, 0.29) is 6.10 Å². The third-order valence-corrected chi connectivity index (χ3v) is 3.17. The van der Waals surface area contributed by atoms with Gasteiger partial charge in [0.15, 0.2) is 17.1 Å². The van der Waals surface area contributed by atoms with E-state index >= 15 is 0 Å². The fraction of sp³-hybridized carbons (Fsp3) is 0.500. The Kier molecular flexibility index (Phi) is 2.00. The Morgan fingerprint density at radius 2 is 2.47 bits per heavy atom. The third kappa shape index (κ3) is 1.35. The van der Waals surface area contributed by atoms with Crippen LogP contribution in [0.3, 0.4) is 0 Å². The molecule has 3 rings (SSSR count). The van der Waals surface area contributed by atoms with Crippen molar-refractivity contribution >= 4 is 22.6 Å². The lowest BCUT2D eigenvalue weighted by Crippen LogP contribution is -2.03. The highest BCUT2D eigenvalue weighted by molar-refractivity contribution is 7.18. The molecule has 0 saturated carbocycles. The van der Waals surface area contributed by atoms with Gasteiger partial charge in [-0.05, 0) is 12.8 Å². The Morgan fingerprint density at radius 1 is 1.53 bits per heavy atom. The first-order valence-corrected chi connectivity index (χ1v) is 5.49. The molecule has 2 aromatic heterocycles. The van der Waals surface area contributed by atoms with Crippen LogP contribution >= 0.6 is 11.3 Å². The van der Waals surface area contributed by atoms with Crippen LogP contribution in [-0.4, -0.2) is 32.7 Å². The van der Waals surface area contributed by atoms with Gasteiger partial charge in [-0.3, -0.25) is 4.79 Å². The van der Waals surface area contributed by atoms with Crippen molar-refractivity contribution in [1.82, 2.24) is 19.8 Å². The number of carbonyl (C=O) groups is 1. The highest BCUT2D eigenvalue weighted by atomic mass is 32.1. The molecule has 0 radical (unpaired) electrons. The van der Waals surface area contributed by atoms with Crippen molar-refractivity contribution in [2.75, 3.05) is 6.61 Å². The predicted molar refractivity (Wildman–Crippen MR) is 52.0 cm³/mol. The summed E-state index contributed by atoms with van der Waals surface area (Å²) in [5, 5.41) is 12.5. The molecule has 15 heavy (non-hydrogen) atoms. The molecule has 0 aliphatic carbocycles. The molecule has 2 aromatic rings. The Balaban J connectivity index is 2.09. The fourth-order valence-corrected chi connectivity index (χ4v) is 2.34. The van der Waals surface area contributed by atoms with E-state index < -0.39 is 0 Å². The normalized spacial score (nSPS) is 21.2. The van der Waals surface area contributed by atoms with Crippen molar-refractivity contribution in [2.45, 2.75) is 18.9 Å². The molecule has 0 amide bonds. The summed E-state index contributed by atoms with van der Waals surface area (Å²) >= 11 is 1.23. The molecule has 1 aliphatic rings. The molecule has 7 heteroatoms. The van der Waals surface area contributed by atoms with Crippen LogP contribution in [0.4, 0.5) is 0 Å². The van der Waals surface area contributed by atoms with Gasteiger partial charge in [-0.1, -0.05) is 11.3 Å². The van der Waals surface area contributed by atoms with Crippen molar-refractivity contribution in [2.24, 2.45) is 0 Å². The lowest BCUT2D eigenvalue weighted by atomic mass is 10.2. The first-order valence-electron chi connectivity index (χ1n) is 4.67. The Hall–Kier alpha value is -1.34. The summed E-state index contributed by atoms with van der Waals surface area (Å²) in [6, 6.07) is 0. The van der Waals surface area contributed by atoms with Crippen LogP contribution in [0.1, 0.15) is 34.6 Å². The fourth-order valence-electron chi connectivity index (χ4n) is 1.68. The van der Waals surface area contributed by atoms with Crippen LogP contribution in [-0.2, 0) is 4.74 Å². The van der Waals surface area contributed by atoms with Gasteiger partial charge in [0.25, 0.3) is 0 Å². The van der Waals surface area contributed by atoms with Crippen LogP contribution in [0, 0.1) is 0 Å². The number of rotatable bonds is 2. The minimum absolute atomic E-state index is 0.0263. The first-order chi connectivity index (χ1) is 7.38. The van der Waals surface area contributed by atoms with E-state index in [0.29, 0.717) is 15.8 Å². The SMILES string of the molecule is O=Cc1nn2c(C3CCCO3)nnc2s1. The van der Waals surface area contributed by atoms with E-state index in [2.05, 4.69) is 15.3 Å². The zero-order chi connectivity index (χ0) is 10.3. The zero-order valence-corrected chi connectivity index (χ0v) is 8.61. The number of ether oxygens (including phenoxy) is 1. The van der Waals surface area contributed by atoms with E-state index in [1.165, 1.54) is 11.3 Å². The van der Waals surface area contributed by atoms with Gasteiger partial charge < -0.3 is 4.74 Å². The van der Waals surface area contributed by atoms with Crippen LogP contribution in [0.2, 0.25) is 0 Å². The van der Waals surface area contributed by atoms with Crippen molar-refractivity contribution < 1.29 is 9.53 Å². The maximum absolute atomic E-state index is 10.6. The molecule has 3 heterocycles. The highest BCUT2D eigenvalue weighted by Crippen LogP contribution is 2.27. The third-order valence-electron chi connectivity index (χ3n) is 2.35. The van der Waals surface area contributed by atoms with Crippen LogP contribution in [0.15, 0.2) is 0 Å². The molecule has 0 aromatic carbocycles. The maximum atomic E-state index is 10.6. The van der Waals surface area contributed by atoms with E-state index in [4.69, 9.17) is 4.74 Å². The van der Waals surface area contributed by atoms with Gasteiger partial charge in [0, 0.05) is 6.61 Å². The van der Waals surface area contributed by atoms with E-state index in [9.17, 15) is 4.79 Å². The average Bonchev–Trinajstić information content (AvgIpc) is 2.92. The van der Waals surface area contributed by atoms with Crippen molar-refractivity contribution in [3.8, 4) is 0 Å². The Labute approximate surface area is 88.9 Å². The number of hydrogen-bond donors (Lipinski definition) is 0. The Morgan fingerprint density at radius 3 is 3.20 bits per heavy atom. The van der Waals surface area contributed by atoms with Crippen molar-refractivity contribution in [3.05, 3.63) is 10.8 Å². The number of hydrogen-bond acceptors (Lipinski definition) is 6. The van der Waals surface area contributed by atoms with Gasteiger partial charge in [0.05, 0.1) is 0 Å². The zero-order valence-electron chi connectivity index (χ0n) is 7.79. The van der Waals surface area contributed by atoms with Gasteiger partial charge in [-0.2, -0.15) is 4.52 Å². The molecule has 1 fully saturated rings. The van der Waals surface area contributed by atoms with Gasteiger partial charge in [0.2, 0.25) is 4.96 Å². The average molecular weight is 224 g/mol. The molecular formula is C8H8N4O2S.